The minimum absolute atomic E-state index is 0.00206. The van der Waals surface area contributed by atoms with Crippen molar-refractivity contribution < 1.29 is 9.90 Å². The smallest absolute Gasteiger partial charge is 0.246 e. The van der Waals surface area contributed by atoms with Crippen LogP contribution in [-0.4, -0.2) is 35.1 Å². The van der Waals surface area contributed by atoms with E-state index in [1.165, 1.54) is 0 Å². The second-order valence-electron chi connectivity index (χ2n) is 3.99. The molecule has 1 N–H and O–H groups in total. The van der Waals surface area contributed by atoms with E-state index in [0.29, 0.717) is 0 Å². The summed E-state index contributed by atoms with van der Waals surface area (Å²) in [6.45, 7) is 0.812. The molecule has 2 heterocycles. The maximum atomic E-state index is 11.9. The van der Waals surface area contributed by atoms with Gasteiger partial charge in [-0.3, -0.25) is 4.79 Å². The first-order valence-electron chi connectivity index (χ1n) is 5.55. The van der Waals surface area contributed by atoms with Crippen molar-refractivity contribution in [1.82, 2.24) is 4.90 Å². The van der Waals surface area contributed by atoms with E-state index in [4.69, 9.17) is 5.11 Å². The van der Waals surface area contributed by atoms with Crippen molar-refractivity contribution in [2.24, 2.45) is 0 Å². The lowest BCUT2D eigenvalue weighted by Gasteiger charge is -2.21. The van der Waals surface area contributed by atoms with Gasteiger partial charge >= 0.3 is 0 Å². The lowest BCUT2D eigenvalue weighted by atomic mass is 10.2. The molecule has 0 spiro atoms. The first-order chi connectivity index (χ1) is 8.20. The van der Waals surface area contributed by atoms with Crippen LogP contribution in [0.4, 0.5) is 0 Å². The van der Waals surface area contributed by atoms with Crippen molar-refractivity contribution in [2.75, 3.05) is 13.2 Å². The lowest BCUT2D eigenvalue weighted by molar-refractivity contribution is -0.127. The predicted molar refractivity (Wildman–Crippen MR) is 72.9 cm³/mol. The molecule has 1 saturated heterocycles. The molecule has 1 aromatic rings. The van der Waals surface area contributed by atoms with Crippen LogP contribution in [0.15, 0.2) is 22.0 Å². The normalized spacial score (nSPS) is 20.4. The topological polar surface area (TPSA) is 40.5 Å². The molecule has 1 unspecified atom stereocenters. The summed E-state index contributed by atoms with van der Waals surface area (Å²) in [7, 11) is 0. The van der Waals surface area contributed by atoms with Crippen LogP contribution in [0.3, 0.4) is 0 Å². The molecule has 1 fully saturated rings. The molecule has 17 heavy (non-hydrogen) atoms. The van der Waals surface area contributed by atoms with Crippen LogP contribution in [0.2, 0.25) is 0 Å². The van der Waals surface area contributed by atoms with E-state index in [0.717, 1.165) is 28.0 Å². The first-order valence-corrected chi connectivity index (χ1v) is 7.16. The molecule has 5 heteroatoms. The summed E-state index contributed by atoms with van der Waals surface area (Å²) in [5.74, 6) is -0.00827. The van der Waals surface area contributed by atoms with Crippen LogP contribution in [0, 0.1) is 0 Å². The quantitative estimate of drug-likeness (QED) is 0.871. The molecule has 0 saturated carbocycles. The molecule has 0 aromatic carbocycles. The van der Waals surface area contributed by atoms with E-state index in [1.54, 1.807) is 22.3 Å². The predicted octanol–water partition coefficient (Wildman–Crippen LogP) is 2.51. The van der Waals surface area contributed by atoms with Gasteiger partial charge in [-0.15, -0.1) is 11.3 Å². The van der Waals surface area contributed by atoms with Gasteiger partial charge in [0.2, 0.25) is 5.91 Å². The fourth-order valence-corrected chi connectivity index (χ4v) is 3.31. The van der Waals surface area contributed by atoms with Crippen molar-refractivity contribution in [3.63, 3.8) is 0 Å². The number of amides is 1. The van der Waals surface area contributed by atoms with Crippen LogP contribution >= 0.6 is 27.3 Å². The average molecular weight is 316 g/mol. The highest BCUT2D eigenvalue weighted by molar-refractivity contribution is 9.11. The Bertz CT molecular complexity index is 430. The Morgan fingerprint density at radius 3 is 3.12 bits per heavy atom. The first kappa shape index (κ1) is 12.8. The highest BCUT2D eigenvalue weighted by Gasteiger charge is 2.26. The minimum atomic E-state index is -0.00827. The standard InChI is InChI=1S/C12H14BrNO2S/c13-11-5-3-10(17-11)4-6-12(16)14-7-1-2-9(14)8-15/h3-6,9,15H,1-2,7-8H2. The Morgan fingerprint density at radius 2 is 2.47 bits per heavy atom. The maximum Gasteiger partial charge on any atom is 0.246 e. The molecule has 1 aliphatic rings. The third-order valence-corrected chi connectivity index (χ3v) is 4.44. The zero-order chi connectivity index (χ0) is 12.3. The number of aliphatic hydroxyl groups excluding tert-OH is 1. The van der Waals surface area contributed by atoms with Crippen molar-refractivity contribution in [3.8, 4) is 0 Å². The molecule has 1 aromatic heterocycles. The Kier molecular flexibility index (Phi) is 4.36. The number of carbonyl (C=O) groups is 1. The van der Waals surface area contributed by atoms with Crippen molar-refractivity contribution in [1.29, 1.82) is 0 Å². The van der Waals surface area contributed by atoms with E-state index >= 15 is 0 Å². The van der Waals surface area contributed by atoms with Crippen molar-refractivity contribution in [2.45, 2.75) is 18.9 Å². The largest absolute Gasteiger partial charge is 0.394 e. The summed E-state index contributed by atoms with van der Waals surface area (Å²) in [6, 6.07) is 3.93. The van der Waals surface area contributed by atoms with Gasteiger partial charge < -0.3 is 10.0 Å². The van der Waals surface area contributed by atoms with E-state index in [9.17, 15) is 4.79 Å². The Morgan fingerprint density at radius 1 is 1.65 bits per heavy atom. The maximum absolute atomic E-state index is 11.9. The monoisotopic (exact) mass is 315 g/mol. The molecule has 2 rings (SSSR count). The van der Waals surface area contributed by atoms with Gasteiger partial charge in [-0.2, -0.15) is 0 Å². The number of rotatable bonds is 3. The van der Waals surface area contributed by atoms with E-state index < -0.39 is 0 Å². The lowest BCUT2D eigenvalue weighted by Crippen LogP contribution is -2.36. The summed E-state index contributed by atoms with van der Waals surface area (Å²) in [5, 5.41) is 9.15. The fourth-order valence-electron chi connectivity index (χ4n) is 1.98. The van der Waals surface area contributed by atoms with Crippen LogP contribution in [-0.2, 0) is 4.79 Å². The highest BCUT2D eigenvalue weighted by Crippen LogP contribution is 2.23. The molecular weight excluding hydrogens is 302 g/mol. The zero-order valence-electron chi connectivity index (χ0n) is 9.30. The van der Waals surface area contributed by atoms with Crippen LogP contribution in [0.5, 0.6) is 0 Å². The van der Waals surface area contributed by atoms with Gasteiger partial charge in [0.15, 0.2) is 0 Å². The molecule has 1 atom stereocenters. The number of aliphatic hydroxyl groups is 1. The molecule has 0 aliphatic carbocycles. The number of halogens is 1. The van der Waals surface area contributed by atoms with Crippen LogP contribution in [0.1, 0.15) is 17.7 Å². The molecule has 3 nitrogen and oxygen atoms in total. The third kappa shape index (κ3) is 3.18. The SMILES string of the molecule is O=C(C=Cc1ccc(Br)s1)N1CCCC1CO. The number of thiophene rings is 1. The van der Waals surface area contributed by atoms with Gasteiger partial charge in [-0.25, -0.2) is 0 Å². The summed E-state index contributed by atoms with van der Waals surface area (Å²) >= 11 is 4.97. The van der Waals surface area contributed by atoms with Gasteiger partial charge in [0.1, 0.15) is 0 Å². The number of carbonyl (C=O) groups excluding carboxylic acids is 1. The van der Waals surface area contributed by atoms with Crippen LogP contribution in [0.25, 0.3) is 6.08 Å². The van der Waals surface area contributed by atoms with Crippen molar-refractivity contribution >= 4 is 39.2 Å². The third-order valence-electron chi connectivity index (χ3n) is 2.86. The second kappa shape index (κ2) is 5.80. The molecule has 0 bridgehead atoms. The zero-order valence-corrected chi connectivity index (χ0v) is 11.7. The van der Waals surface area contributed by atoms with Gasteiger partial charge in [0.05, 0.1) is 16.4 Å². The summed E-state index contributed by atoms with van der Waals surface area (Å²) < 4.78 is 1.05. The van der Waals surface area contributed by atoms with Crippen molar-refractivity contribution in [3.05, 3.63) is 26.9 Å². The number of likely N-dealkylation sites (tertiary alicyclic amines) is 1. The Hall–Kier alpha value is -0.650. The molecule has 92 valence electrons. The molecule has 0 radical (unpaired) electrons. The molecular formula is C12H14BrNO2S. The second-order valence-corrected chi connectivity index (χ2v) is 6.48. The highest BCUT2D eigenvalue weighted by atomic mass is 79.9. The molecule has 1 aliphatic heterocycles. The van der Waals surface area contributed by atoms with Crippen LogP contribution < -0.4 is 0 Å². The van der Waals surface area contributed by atoms with E-state index in [2.05, 4.69) is 15.9 Å². The number of nitrogens with zero attached hydrogens (tertiary/aromatic N) is 1. The Labute approximate surface area is 113 Å². The summed E-state index contributed by atoms with van der Waals surface area (Å²) in [5.41, 5.74) is 0. The van der Waals surface area contributed by atoms with Gasteiger partial charge in [0, 0.05) is 17.5 Å². The van der Waals surface area contributed by atoms with E-state index in [1.807, 2.05) is 18.2 Å². The van der Waals surface area contributed by atoms with Gasteiger partial charge in [-0.05, 0) is 47.0 Å². The van der Waals surface area contributed by atoms with Gasteiger partial charge in [0.25, 0.3) is 0 Å². The van der Waals surface area contributed by atoms with E-state index in [-0.39, 0.29) is 18.6 Å². The fraction of sp³-hybridized carbons (Fsp3) is 0.417. The summed E-state index contributed by atoms with van der Waals surface area (Å²) in [4.78, 5) is 14.7. The average Bonchev–Trinajstić information content (AvgIpc) is 2.94. The Balaban J connectivity index is 1.99. The van der Waals surface area contributed by atoms with Gasteiger partial charge in [-0.1, -0.05) is 0 Å². The number of hydrogen-bond donors (Lipinski definition) is 1. The minimum Gasteiger partial charge on any atom is -0.394 e. The summed E-state index contributed by atoms with van der Waals surface area (Å²) in [6.07, 6.45) is 5.30. The molecule has 1 amide bonds. The number of hydrogen-bond acceptors (Lipinski definition) is 3.